The van der Waals surface area contributed by atoms with Crippen LogP contribution in [0.5, 0.6) is 0 Å². The van der Waals surface area contributed by atoms with Crippen LogP contribution in [0.15, 0.2) is 52.2 Å². The van der Waals surface area contributed by atoms with Crippen LogP contribution in [0.4, 0.5) is 0 Å². The number of aromatic nitrogens is 2. The Kier molecular flexibility index (Phi) is 5.47. The van der Waals surface area contributed by atoms with Gasteiger partial charge >= 0.3 is 5.69 Å². The highest BCUT2D eigenvalue weighted by molar-refractivity contribution is 5.13. The van der Waals surface area contributed by atoms with Crippen molar-refractivity contribution in [1.82, 2.24) is 9.13 Å². The van der Waals surface area contributed by atoms with E-state index >= 15 is 0 Å². The average Bonchev–Trinajstić information content (AvgIpc) is 2.99. The van der Waals surface area contributed by atoms with E-state index in [2.05, 4.69) is 0 Å². The zero-order valence-corrected chi connectivity index (χ0v) is 14.1. The van der Waals surface area contributed by atoms with Crippen molar-refractivity contribution >= 4 is 0 Å². The van der Waals surface area contributed by atoms with Crippen LogP contribution in [-0.4, -0.2) is 27.0 Å². The number of benzene rings is 1. The molecule has 0 saturated carbocycles. The van der Waals surface area contributed by atoms with Crippen molar-refractivity contribution in [2.24, 2.45) is 5.92 Å². The van der Waals surface area contributed by atoms with Gasteiger partial charge in [0.05, 0.1) is 19.3 Å². The molecule has 1 aromatic heterocycles. The van der Waals surface area contributed by atoms with Gasteiger partial charge in [-0.2, -0.15) is 0 Å². The van der Waals surface area contributed by atoms with Gasteiger partial charge in [0, 0.05) is 18.2 Å². The molecule has 0 spiro atoms. The zero-order valence-electron chi connectivity index (χ0n) is 14.1. The van der Waals surface area contributed by atoms with Crippen molar-refractivity contribution in [3.8, 4) is 0 Å². The third kappa shape index (κ3) is 3.89. The molecule has 2 heterocycles. The van der Waals surface area contributed by atoms with Gasteiger partial charge < -0.3 is 14.6 Å². The average molecular weight is 346 g/mol. The Bertz CT molecular complexity index is 814. The molecule has 0 bridgehead atoms. The van der Waals surface area contributed by atoms with E-state index in [1.54, 1.807) is 0 Å². The van der Waals surface area contributed by atoms with E-state index in [0.29, 0.717) is 13.0 Å². The molecule has 0 aliphatic carbocycles. The molecular formula is C18H22N2O5. The normalized spacial score (nSPS) is 23.0. The molecule has 7 heteroatoms. The number of aliphatic hydroxyl groups is 1. The largest absolute Gasteiger partial charge is 0.394 e. The van der Waals surface area contributed by atoms with Crippen molar-refractivity contribution < 1.29 is 14.6 Å². The number of rotatable bonds is 6. The smallest absolute Gasteiger partial charge is 0.335 e. The number of hydrogen-bond acceptors (Lipinski definition) is 5. The third-order valence-corrected chi connectivity index (χ3v) is 4.36. The molecule has 7 nitrogen and oxygen atoms in total. The van der Waals surface area contributed by atoms with Crippen molar-refractivity contribution in [3.63, 3.8) is 0 Å². The highest BCUT2D eigenvalue weighted by atomic mass is 16.5. The Morgan fingerprint density at radius 3 is 2.68 bits per heavy atom. The first-order valence-corrected chi connectivity index (χ1v) is 8.30. The Hall–Kier alpha value is -2.22. The SMILES string of the molecule is CC1CC(CO)OC1n1ccc(=O)n(COCc2ccccc2)c1=O. The fraction of sp³-hybridized carbons (Fsp3) is 0.444. The summed E-state index contributed by atoms with van der Waals surface area (Å²) in [5.74, 6) is 0.0611. The Balaban J connectivity index is 1.76. The van der Waals surface area contributed by atoms with Crippen LogP contribution in [0.3, 0.4) is 0 Å². The first-order chi connectivity index (χ1) is 12.1. The molecule has 0 radical (unpaired) electrons. The highest BCUT2D eigenvalue weighted by Crippen LogP contribution is 2.32. The summed E-state index contributed by atoms with van der Waals surface area (Å²) in [5.41, 5.74) is 0.0695. The maximum Gasteiger partial charge on any atom is 0.335 e. The summed E-state index contributed by atoms with van der Waals surface area (Å²) in [5, 5.41) is 9.25. The highest BCUT2D eigenvalue weighted by Gasteiger charge is 2.33. The molecule has 1 N–H and O–H groups in total. The second-order valence-electron chi connectivity index (χ2n) is 6.28. The van der Waals surface area contributed by atoms with E-state index < -0.39 is 17.5 Å². The lowest BCUT2D eigenvalue weighted by molar-refractivity contribution is -0.0357. The van der Waals surface area contributed by atoms with E-state index in [1.807, 2.05) is 37.3 Å². The fourth-order valence-corrected chi connectivity index (χ4v) is 3.05. The van der Waals surface area contributed by atoms with Crippen molar-refractivity contribution in [2.45, 2.75) is 39.0 Å². The monoisotopic (exact) mass is 346 g/mol. The summed E-state index contributed by atoms with van der Waals surface area (Å²) in [6.07, 6.45) is 1.32. The maximum absolute atomic E-state index is 12.7. The lowest BCUT2D eigenvalue weighted by Gasteiger charge is -2.19. The zero-order chi connectivity index (χ0) is 17.8. The second-order valence-corrected chi connectivity index (χ2v) is 6.28. The van der Waals surface area contributed by atoms with Crippen molar-refractivity contribution in [1.29, 1.82) is 0 Å². The minimum Gasteiger partial charge on any atom is -0.394 e. The minimum atomic E-state index is -0.495. The minimum absolute atomic E-state index is 0.0611. The Morgan fingerprint density at radius 1 is 1.24 bits per heavy atom. The molecule has 2 aromatic rings. The lowest BCUT2D eigenvalue weighted by atomic mass is 10.1. The van der Waals surface area contributed by atoms with Crippen LogP contribution < -0.4 is 11.2 Å². The molecule has 1 aromatic carbocycles. The fourth-order valence-electron chi connectivity index (χ4n) is 3.05. The second kappa shape index (κ2) is 7.77. The van der Waals surface area contributed by atoms with Gasteiger partial charge in [0.1, 0.15) is 13.0 Å². The Labute approximate surface area is 145 Å². The molecule has 25 heavy (non-hydrogen) atoms. The Morgan fingerprint density at radius 2 is 2.00 bits per heavy atom. The molecule has 134 valence electrons. The molecular weight excluding hydrogens is 324 g/mol. The summed E-state index contributed by atoms with van der Waals surface area (Å²) >= 11 is 0. The summed E-state index contributed by atoms with van der Waals surface area (Å²) in [6.45, 7) is 2.05. The summed E-state index contributed by atoms with van der Waals surface area (Å²) in [4.78, 5) is 24.7. The topological polar surface area (TPSA) is 82.7 Å². The molecule has 1 fully saturated rings. The van der Waals surface area contributed by atoms with Gasteiger partial charge in [-0.25, -0.2) is 9.36 Å². The first-order valence-electron chi connectivity index (χ1n) is 8.30. The van der Waals surface area contributed by atoms with Crippen molar-refractivity contribution in [2.75, 3.05) is 6.61 Å². The lowest BCUT2D eigenvalue weighted by Crippen LogP contribution is -2.41. The van der Waals surface area contributed by atoms with Gasteiger partial charge in [-0.3, -0.25) is 9.36 Å². The summed E-state index contributed by atoms with van der Waals surface area (Å²) in [7, 11) is 0. The van der Waals surface area contributed by atoms with Crippen LogP contribution in [-0.2, 0) is 22.8 Å². The van der Waals surface area contributed by atoms with Gasteiger partial charge in [-0.15, -0.1) is 0 Å². The third-order valence-electron chi connectivity index (χ3n) is 4.36. The molecule has 3 unspecified atom stereocenters. The predicted octanol–water partition coefficient (Wildman–Crippen LogP) is 1.10. The standard InChI is InChI=1S/C18H22N2O5/c1-13-9-15(10-21)25-17(13)19-8-7-16(22)20(18(19)23)12-24-11-14-5-3-2-4-6-14/h2-8,13,15,17,21H,9-12H2,1H3. The van der Waals surface area contributed by atoms with Gasteiger partial charge in [-0.05, 0) is 12.0 Å². The summed E-state index contributed by atoms with van der Waals surface area (Å²) < 4.78 is 13.7. The number of hydrogen-bond donors (Lipinski definition) is 1. The van der Waals surface area contributed by atoms with Gasteiger partial charge in [0.2, 0.25) is 0 Å². The van der Waals surface area contributed by atoms with E-state index in [1.165, 1.54) is 16.8 Å². The van der Waals surface area contributed by atoms with E-state index in [4.69, 9.17) is 9.47 Å². The molecule has 0 amide bonds. The van der Waals surface area contributed by atoms with E-state index in [-0.39, 0.29) is 25.4 Å². The van der Waals surface area contributed by atoms with E-state index in [0.717, 1.165) is 10.1 Å². The van der Waals surface area contributed by atoms with Crippen LogP contribution in [0.1, 0.15) is 25.1 Å². The molecule has 1 aliphatic heterocycles. The van der Waals surface area contributed by atoms with Gasteiger partial charge in [-0.1, -0.05) is 37.3 Å². The number of ether oxygens (including phenoxy) is 2. The number of aliphatic hydroxyl groups excluding tert-OH is 1. The van der Waals surface area contributed by atoms with Crippen molar-refractivity contribution in [3.05, 3.63) is 69.0 Å². The first kappa shape index (κ1) is 17.6. The molecule has 1 saturated heterocycles. The van der Waals surface area contributed by atoms with Crippen LogP contribution >= 0.6 is 0 Å². The number of nitrogens with zero attached hydrogens (tertiary/aromatic N) is 2. The molecule has 1 aliphatic rings. The van der Waals surface area contributed by atoms with Crippen LogP contribution in [0.2, 0.25) is 0 Å². The quantitative estimate of drug-likeness (QED) is 0.847. The molecule has 3 atom stereocenters. The molecule has 3 rings (SSSR count). The van der Waals surface area contributed by atoms with Crippen LogP contribution in [0.25, 0.3) is 0 Å². The van der Waals surface area contributed by atoms with Crippen LogP contribution in [0, 0.1) is 5.92 Å². The maximum atomic E-state index is 12.7. The predicted molar refractivity (Wildman–Crippen MR) is 91.0 cm³/mol. The summed E-state index contributed by atoms with van der Waals surface area (Å²) in [6, 6.07) is 10.9. The van der Waals surface area contributed by atoms with E-state index in [9.17, 15) is 14.7 Å². The van der Waals surface area contributed by atoms with Gasteiger partial charge in [0.25, 0.3) is 5.56 Å². The van der Waals surface area contributed by atoms with Gasteiger partial charge in [0.15, 0.2) is 0 Å².